The quantitative estimate of drug-likeness (QED) is 0.747. The smallest absolute Gasteiger partial charge is 0.265 e. The molecule has 3 nitrogen and oxygen atoms in total. The van der Waals surface area contributed by atoms with Gasteiger partial charge in [-0.1, -0.05) is 12.8 Å². The lowest BCUT2D eigenvalue weighted by atomic mass is 10.0. The molecule has 0 radical (unpaired) electrons. The van der Waals surface area contributed by atoms with Gasteiger partial charge >= 0.3 is 0 Å². The van der Waals surface area contributed by atoms with Gasteiger partial charge in [0.25, 0.3) is 5.56 Å². The third kappa shape index (κ3) is 2.65. The van der Waals surface area contributed by atoms with Crippen molar-refractivity contribution < 1.29 is 0 Å². The van der Waals surface area contributed by atoms with E-state index in [1.165, 1.54) is 17.7 Å². The fourth-order valence-corrected chi connectivity index (χ4v) is 4.63. The first kappa shape index (κ1) is 14.5. The molecule has 3 rings (SSSR count). The summed E-state index contributed by atoms with van der Waals surface area (Å²) in [6, 6.07) is 2.02. The van der Waals surface area contributed by atoms with Gasteiger partial charge in [-0.2, -0.15) is 0 Å². The number of hydrogen-bond acceptors (Lipinski definition) is 3. The summed E-state index contributed by atoms with van der Waals surface area (Å²) in [6.45, 7) is 2.05. The second kappa shape index (κ2) is 5.73. The molecule has 0 spiro atoms. The van der Waals surface area contributed by atoms with E-state index in [0.29, 0.717) is 16.2 Å². The maximum Gasteiger partial charge on any atom is 0.265 e. The van der Waals surface area contributed by atoms with E-state index in [-0.39, 0.29) is 5.56 Å². The molecule has 0 amide bonds. The minimum atomic E-state index is -0.0842. The lowest BCUT2D eigenvalue weighted by Crippen LogP contribution is -2.15. The number of aromatic amines is 1. The Labute approximate surface area is 138 Å². The zero-order valence-corrected chi connectivity index (χ0v) is 15.0. The third-order valence-corrected chi connectivity index (χ3v) is 6.63. The Kier molecular flexibility index (Phi) is 4.15. The Balaban J connectivity index is 2.10. The van der Waals surface area contributed by atoms with Crippen LogP contribution < -0.4 is 5.56 Å². The number of hydrogen-bond donors (Lipinski definition) is 1. The van der Waals surface area contributed by atoms with Crippen molar-refractivity contribution in [3.8, 4) is 10.7 Å². The number of rotatable bonds is 2. The molecule has 0 atom stereocenters. The van der Waals surface area contributed by atoms with Crippen molar-refractivity contribution in [1.82, 2.24) is 9.97 Å². The Morgan fingerprint density at radius 1 is 1.35 bits per heavy atom. The number of H-pyrrole nitrogens is 1. The number of halogens is 2. The van der Waals surface area contributed by atoms with Gasteiger partial charge in [-0.05, 0) is 57.7 Å². The molecule has 0 aromatic carbocycles. The van der Waals surface area contributed by atoms with Crippen molar-refractivity contribution in [3.05, 3.63) is 35.9 Å². The highest BCUT2D eigenvalue weighted by Crippen LogP contribution is 2.37. The van der Waals surface area contributed by atoms with Gasteiger partial charge in [0.1, 0.15) is 4.47 Å². The SMILES string of the molecule is Cc1sc(-c2nc(C3CCCC3)c(Br)c(=O)[nH]2)cc1Br. The van der Waals surface area contributed by atoms with Crippen molar-refractivity contribution in [3.63, 3.8) is 0 Å². The number of thiophene rings is 1. The average Bonchev–Trinajstić information content (AvgIpc) is 3.04. The molecule has 1 aliphatic rings. The first-order valence-corrected chi connectivity index (χ1v) is 9.02. The third-order valence-electron chi connectivity index (χ3n) is 3.72. The predicted octanol–water partition coefficient (Wildman–Crippen LogP) is 4.99. The molecule has 2 aromatic rings. The Morgan fingerprint density at radius 3 is 2.65 bits per heavy atom. The first-order valence-electron chi connectivity index (χ1n) is 6.62. The van der Waals surface area contributed by atoms with E-state index in [2.05, 4.69) is 36.8 Å². The Bertz CT molecular complexity index is 682. The summed E-state index contributed by atoms with van der Waals surface area (Å²) in [5.41, 5.74) is 0.836. The van der Waals surface area contributed by atoms with Crippen LogP contribution in [-0.2, 0) is 0 Å². The van der Waals surface area contributed by atoms with Crippen LogP contribution in [-0.4, -0.2) is 9.97 Å². The lowest BCUT2D eigenvalue weighted by Gasteiger charge is -2.11. The summed E-state index contributed by atoms with van der Waals surface area (Å²) in [4.78, 5) is 21.9. The van der Waals surface area contributed by atoms with E-state index >= 15 is 0 Å². The van der Waals surface area contributed by atoms with Crippen LogP contribution in [0.2, 0.25) is 0 Å². The van der Waals surface area contributed by atoms with Gasteiger partial charge < -0.3 is 4.98 Å². The van der Waals surface area contributed by atoms with E-state index in [0.717, 1.165) is 27.9 Å². The number of aromatic nitrogens is 2. The Hall–Kier alpha value is -0.460. The van der Waals surface area contributed by atoms with Crippen LogP contribution in [0.15, 0.2) is 19.8 Å². The fraction of sp³-hybridized carbons (Fsp3) is 0.429. The van der Waals surface area contributed by atoms with Gasteiger partial charge in [-0.3, -0.25) is 4.79 Å². The van der Waals surface area contributed by atoms with Crippen molar-refractivity contribution >= 4 is 43.2 Å². The fourth-order valence-electron chi connectivity index (χ4n) is 2.64. The molecule has 1 aliphatic carbocycles. The average molecular weight is 418 g/mol. The van der Waals surface area contributed by atoms with E-state index < -0.39 is 0 Å². The zero-order valence-electron chi connectivity index (χ0n) is 11.0. The van der Waals surface area contributed by atoms with E-state index in [1.54, 1.807) is 11.3 Å². The van der Waals surface area contributed by atoms with Crippen molar-refractivity contribution in [2.75, 3.05) is 0 Å². The molecule has 0 aliphatic heterocycles. The summed E-state index contributed by atoms with van der Waals surface area (Å²) >= 11 is 8.56. The normalized spacial score (nSPS) is 15.9. The van der Waals surface area contributed by atoms with Crippen LogP contribution >= 0.6 is 43.2 Å². The minimum absolute atomic E-state index is 0.0842. The standard InChI is InChI=1S/C14H14Br2N2OS/c1-7-9(15)6-10(20-7)13-17-12(8-4-2-3-5-8)11(16)14(19)18-13/h6,8H,2-5H2,1H3,(H,17,18,19). The van der Waals surface area contributed by atoms with Gasteiger partial charge in [0, 0.05) is 15.3 Å². The molecule has 106 valence electrons. The van der Waals surface area contributed by atoms with Crippen LogP contribution in [0.4, 0.5) is 0 Å². The van der Waals surface area contributed by atoms with E-state index in [9.17, 15) is 4.79 Å². The molecular weight excluding hydrogens is 404 g/mol. The van der Waals surface area contributed by atoms with Crippen molar-refractivity contribution in [2.24, 2.45) is 0 Å². The summed E-state index contributed by atoms with van der Waals surface area (Å²) < 4.78 is 1.66. The van der Waals surface area contributed by atoms with Crippen LogP contribution in [0.3, 0.4) is 0 Å². The maximum atomic E-state index is 12.1. The topological polar surface area (TPSA) is 45.8 Å². The van der Waals surface area contributed by atoms with Crippen LogP contribution in [0, 0.1) is 6.92 Å². The molecule has 20 heavy (non-hydrogen) atoms. The maximum absolute atomic E-state index is 12.1. The largest absolute Gasteiger partial charge is 0.305 e. The molecule has 1 fully saturated rings. The van der Waals surface area contributed by atoms with Crippen LogP contribution in [0.25, 0.3) is 10.7 Å². The van der Waals surface area contributed by atoms with Crippen molar-refractivity contribution in [2.45, 2.75) is 38.5 Å². The van der Waals surface area contributed by atoms with Gasteiger partial charge in [-0.25, -0.2) is 4.98 Å². The molecule has 1 saturated carbocycles. The number of nitrogens with zero attached hydrogens (tertiary/aromatic N) is 1. The second-order valence-electron chi connectivity index (χ2n) is 5.11. The van der Waals surface area contributed by atoms with Gasteiger partial charge in [0.05, 0.1) is 10.6 Å². The number of nitrogens with one attached hydrogen (secondary N) is 1. The van der Waals surface area contributed by atoms with E-state index in [4.69, 9.17) is 4.98 Å². The van der Waals surface area contributed by atoms with Crippen LogP contribution in [0.1, 0.15) is 42.2 Å². The monoisotopic (exact) mass is 416 g/mol. The molecule has 2 heterocycles. The van der Waals surface area contributed by atoms with Crippen LogP contribution in [0.5, 0.6) is 0 Å². The molecule has 6 heteroatoms. The molecule has 0 bridgehead atoms. The number of aryl methyl sites for hydroxylation is 1. The summed E-state index contributed by atoms with van der Waals surface area (Å²) in [6.07, 6.45) is 4.71. The summed E-state index contributed by atoms with van der Waals surface area (Å²) in [7, 11) is 0. The predicted molar refractivity (Wildman–Crippen MR) is 89.5 cm³/mol. The highest BCUT2D eigenvalue weighted by Gasteiger charge is 2.23. The molecular formula is C14H14Br2N2OS. The molecule has 0 unspecified atom stereocenters. The molecule has 0 saturated heterocycles. The molecule has 1 N–H and O–H groups in total. The lowest BCUT2D eigenvalue weighted by molar-refractivity contribution is 0.688. The molecule has 2 aromatic heterocycles. The summed E-state index contributed by atoms with van der Waals surface area (Å²) in [5.74, 6) is 1.09. The van der Waals surface area contributed by atoms with Gasteiger partial charge in [0.2, 0.25) is 0 Å². The highest BCUT2D eigenvalue weighted by atomic mass is 79.9. The summed E-state index contributed by atoms with van der Waals surface area (Å²) in [5, 5.41) is 0. The van der Waals surface area contributed by atoms with Gasteiger partial charge in [0.15, 0.2) is 5.82 Å². The minimum Gasteiger partial charge on any atom is -0.305 e. The Morgan fingerprint density at radius 2 is 2.05 bits per heavy atom. The first-order chi connectivity index (χ1) is 9.56. The van der Waals surface area contributed by atoms with Crippen molar-refractivity contribution in [1.29, 1.82) is 0 Å². The highest BCUT2D eigenvalue weighted by molar-refractivity contribution is 9.10. The second-order valence-corrected chi connectivity index (χ2v) is 8.01. The zero-order chi connectivity index (χ0) is 14.3. The van der Waals surface area contributed by atoms with Gasteiger partial charge in [-0.15, -0.1) is 11.3 Å². The van der Waals surface area contributed by atoms with E-state index in [1.807, 2.05) is 13.0 Å².